The highest BCUT2D eigenvalue weighted by Crippen LogP contribution is 2.12. The quantitative estimate of drug-likeness (QED) is 0.570. The fourth-order valence-corrected chi connectivity index (χ4v) is 2.34. The predicted molar refractivity (Wildman–Crippen MR) is 89.1 cm³/mol. The normalized spacial score (nSPS) is 10.8. The maximum absolute atomic E-state index is 12.0. The van der Waals surface area contributed by atoms with Gasteiger partial charge in [-0.2, -0.15) is 10.4 Å². The SMILES string of the molecule is N#Cc1cccc(/C=N/NC(=O)c2cn3cc(Br)ccc3n2)c1. The van der Waals surface area contributed by atoms with Crippen LogP contribution in [0.5, 0.6) is 0 Å². The molecule has 0 spiro atoms. The van der Waals surface area contributed by atoms with Crippen molar-refractivity contribution in [3.63, 3.8) is 0 Å². The summed E-state index contributed by atoms with van der Waals surface area (Å²) in [6, 6.07) is 12.6. The van der Waals surface area contributed by atoms with Crippen molar-refractivity contribution in [2.75, 3.05) is 0 Å². The molecular formula is C16H10BrN5O. The summed E-state index contributed by atoms with van der Waals surface area (Å²) in [5.41, 5.74) is 4.62. The Labute approximate surface area is 140 Å². The van der Waals surface area contributed by atoms with Gasteiger partial charge in [-0.1, -0.05) is 12.1 Å². The van der Waals surface area contributed by atoms with Crippen molar-refractivity contribution in [2.24, 2.45) is 5.10 Å². The van der Waals surface area contributed by atoms with Crippen molar-refractivity contribution in [1.29, 1.82) is 5.26 Å². The second-order valence-electron chi connectivity index (χ2n) is 4.68. The minimum absolute atomic E-state index is 0.269. The third-order valence-electron chi connectivity index (χ3n) is 3.04. The van der Waals surface area contributed by atoms with Gasteiger partial charge in [-0.25, -0.2) is 10.4 Å². The number of nitriles is 1. The number of rotatable bonds is 3. The topological polar surface area (TPSA) is 82.5 Å². The van der Waals surface area contributed by atoms with Crippen LogP contribution in [0.2, 0.25) is 0 Å². The first-order valence-corrected chi connectivity index (χ1v) is 7.43. The number of aromatic nitrogens is 2. The van der Waals surface area contributed by atoms with Crippen molar-refractivity contribution >= 4 is 33.7 Å². The van der Waals surface area contributed by atoms with Gasteiger partial charge in [-0.15, -0.1) is 0 Å². The van der Waals surface area contributed by atoms with Gasteiger partial charge < -0.3 is 4.40 Å². The molecule has 0 unspecified atom stereocenters. The van der Waals surface area contributed by atoms with E-state index in [0.717, 1.165) is 10.0 Å². The van der Waals surface area contributed by atoms with Crippen LogP contribution in [0, 0.1) is 11.3 Å². The Balaban J connectivity index is 1.73. The highest BCUT2D eigenvalue weighted by Gasteiger charge is 2.09. The Morgan fingerprint density at radius 3 is 3.04 bits per heavy atom. The Bertz CT molecular complexity index is 955. The summed E-state index contributed by atoms with van der Waals surface area (Å²) < 4.78 is 2.64. The summed E-state index contributed by atoms with van der Waals surface area (Å²) in [5.74, 6) is -0.405. The number of amides is 1. The number of nitrogens with zero attached hydrogens (tertiary/aromatic N) is 4. The third kappa shape index (κ3) is 3.44. The lowest BCUT2D eigenvalue weighted by molar-refractivity contribution is 0.0951. The number of benzene rings is 1. The van der Waals surface area contributed by atoms with E-state index in [1.807, 2.05) is 18.3 Å². The van der Waals surface area contributed by atoms with E-state index in [-0.39, 0.29) is 5.69 Å². The van der Waals surface area contributed by atoms with Crippen molar-refractivity contribution in [3.05, 3.63) is 70.1 Å². The van der Waals surface area contributed by atoms with Gasteiger partial charge in [0.25, 0.3) is 5.91 Å². The average molecular weight is 368 g/mol. The van der Waals surface area contributed by atoms with Crippen molar-refractivity contribution in [1.82, 2.24) is 14.8 Å². The minimum Gasteiger partial charge on any atom is -0.305 e. The van der Waals surface area contributed by atoms with Crippen LogP contribution in [0.4, 0.5) is 0 Å². The van der Waals surface area contributed by atoms with Crippen LogP contribution in [0.25, 0.3) is 5.65 Å². The summed E-state index contributed by atoms with van der Waals surface area (Å²) in [6.45, 7) is 0. The van der Waals surface area contributed by atoms with E-state index in [1.54, 1.807) is 40.9 Å². The standard InChI is InChI=1S/C16H10BrN5O/c17-13-4-5-15-20-14(10-22(15)9-13)16(23)21-19-8-12-3-1-2-11(6-12)7-18/h1-6,8-10H,(H,21,23)/b19-8+. The molecule has 3 aromatic rings. The van der Waals surface area contributed by atoms with Gasteiger partial charge in [-0.05, 0) is 45.8 Å². The van der Waals surface area contributed by atoms with Crippen LogP contribution in [0.15, 0.2) is 58.4 Å². The molecule has 23 heavy (non-hydrogen) atoms. The molecule has 6 nitrogen and oxygen atoms in total. The highest BCUT2D eigenvalue weighted by molar-refractivity contribution is 9.10. The molecule has 3 rings (SSSR count). The number of hydrazone groups is 1. The molecule has 0 aliphatic rings. The van der Waals surface area contributed by atoms with Crippen LogP contribution in [0.1, 0.15) is 21.6 Å². The summed E-state index contributed by atoms with van der Waals surface area (Å²) in [4.78, 5) is 16.3. The van der Waals surface area contributed by atoms with E-state index in [0.29, 0.717) is 11.2 Å². The van der Waals surface area contributed by atoms with Gasteiger partial charge in [0.1, 0.15) is 11.3 Å². The molecule has 1 amide bonds. The smallest absolute Gasteiger partial charge is 0.291 e. The number of hydrogen-bond acceptors (Lipinski definition) is 4. The lowest BCUT2D eigenvalue weighted by Crippen LogP contribution is -2.17. The summed E-state index contributed by atoms with van der Waals surface area (Å²) in [6.07, 6.45) is 4.92. The zero-order chi connectivity index (χ0) is 16.2. The highest BCUT2D eigenvalue weighted by atomic mass is 79.9. The molecular weight excluding hydrogens is 358 g/mol. The van der Waals surface area contributed by atoms with Crippen molar-refractivity contribution in [2.45, 2.75) is 0 Å². The molecule has 0 radical (unpaired) electrons. The lowest BCUT2D eigenvalue weighted by atomic mass is 10.1. The monoisotopic (exact) mass is 367 g/mol. The van der Waals surface area contributed by atoms with Crippen LogP contribution in [0.3, 0.4) is 0 Å². The first-order valence-electron chi connectivity index (χ1n) is 6.63. The molecule has 112 valence electrons. The summed E-state index contributed by atoms with van der Waals surface area (Å²) in [5, 5.41) is 12.7. The average Bonchev–Trinajstić information content (AvgIpc) is 2.98. The molecule has 0 fully saturated rings. The van der Waals surface area contributed by atoms with Crippen LogP contribution < -0.4 is 5.43 Å². The molecule has 2 heterocycles. The van der Waals surface area contributed by atoms with Crippen molar-refractivity contribution in [3.8, 4) is 6.07 Å². The van der Waals surface area contributed by atoms with Gasteiger partial charge in [0.2, 0.25) is 0 Å². The maximum Gasteiger partial charge on any atom is 0.291 e. The number of carbonyl (C=O) groups excluding carboxylic acids is 1. The Morgan fingerprint density at radius 2 is 2.22 bits per heavy atom. The lowest BCUT2D eigenvalue weighted by Gasteiger charge is -1.96. The number of halogens is 1. The molecule has 0 saturated heterocycles. The van der Waals surface area contributed by atoms with Gasteiger partial charge in [0, 0.05) is 16.9 Å². The number of hydrogen-bond donors (Lipinski definition) is 1. The van der Waals surface area contributed by atoms with E-state index in [2.05, 4.69) is 31.4 Å². The van der Waals surface area contributed by atoms with Crippen LogP contribution in [-0.2, 0) is 0 Å². The Hall–Kier alpha value is -2.98. The van der Waals surface area contributed by atoms with Crippen LogP contribution >= 0.6 is 15.9 Å². The third-order valence-corrected chi connectivity index (χ3v) is 3.51. The van der Waals surface area contributed by atoms with Crippen molar-refractivity contribution < 1.29 is 4.79 Å². The van der Waals surface area contributed by atoms with Gasteiger partial charge in [-0.3, -0.25) is 4.79 Å². The maximum atomic E-state index is 12.0. The Kier molecular flexibility index (Phi) is 4.17. The largest absolute Gasteiger partial charge is 0.305 e. The van der Waals surface area contributed by atoms with E-state index in [9.17, 15) is 4.79 Å². The molecule has 1 N–H and O–H groups in total. The van der Waals surface area contributed by atoms with Gasteiger partial charge in [0.05, 0.1) is 17.8 Å². The molecule has 0 bridgehead atoms. The fraction of sp³-hybridized carbons (Fsp3) is 0. The molecule has 7 heteroatoms. The van der Waals surface area contributed by atoms with E-state index in [4.69, 9.17) is 5.26 Å². The van der Waals surface area contributed by atoms with Crippen LogP contribution in [-0.4, -0.2) is 21.5 Å². The molecule has 2 aromatic heterocycles. The van der Waals surface area contributed by atoms with E-state index >= 15 is 0 Å². The summed E-state index contributed by atoms with van der Waals surface area (Å²) >= 11 is 3.36. The number of nitrogens with one attached hydrogen (secondary N) is 1. The van der Waals surface area contributed by atoms with Gasteiger partial charge >= 0.3 is 0 Å². The zero-order valence-corrected chi connectivity index (χ0v) is 13.4. The minimum atomic E-state index is -0.405. The first-order chi connectivity index (χ1) is 11.2. The van der Waals surface area contributed by atoms with E-state index in [1.165, 1.54) is 6.21 Å². The molecule has 0 atom stereocenters. The number of pyridine rings is 1. The number of carbonyl (C=O) groups is 1. The first kappa shape index (κ1) is 14.9. The fourth-order valence-electron chi connectivity index (χ4n) is 1.99. The predicted octanol–water partition coefficient (Wildman–Crippen LogP) is 2.73. The number of imidazole rings is 1. The molecule has 0 aliphatic carbocycles. The molecule has 0 aliphatic heterocycles. The van der Waals surface area contributed by atoms with Gasteiger partial charge in [0.15, 0.2) is 0 Å². The summed E-state index contributed by atoms with van der Waals surface area (Å²) in [7, 11) is 0. The number of fused-ring (bicyclic) bond motifs is 1. The second kappa shape index (κ2) is 6.42. The molecule has 1 aromatic carbocycles. The zero-order valence-electron chi connectivity index (χ0n) is 11.8. The Morgan fingerprint density at radius 1 is 1.35 bits per heavy atom. The van der Waals surface area contributed by atoms with E-state index < -0.39 is 5.91 Å². The second-order valence-corrected chi connectivity index (χ2v) is 5.59. The molecule has 0 saturated carbocycles.